The van der Waals surface area contributed by atoms with Crippen LogP contribution in [0.3, 0.4) is 0 Å². The molecule has 21 heavy (non-hydrogen) atoms. The van der Waals surface area contributed by atoms with Gasteiger partial charge in [-0.2, -0.15) is 0 Å². The summed E-state index contributed by atoms with van der Waals surface area (Å²) in [7, 11) is -3.59. The lowest BCUT2D eigenvalue weighted by atomic mass is 9.87. The predicted octanol–water partition coefficient (Wildman–Crippen LogP) is 1.89. The average molecular weight is 307 g/mol. The van der Waals surface area contributed by atoms with E-state index in [1.807, 2.05) is 0 Å². The topological polar surface area (TPSA) is 66.4 Å². The quantitative estimate of drug-likeness (QED) is 0.838. The number of hydrogen-bond acceptors (Lipinski definition) is 3. The standard InChI is InChI=1S/C16H21NO3S/c1-13-7-2-4-10-15(13)17-21(19,20)16-11-5-3-8-14(16)9-6-12-18/h3,5,8,11,13,15,17-18H,2,4,7,10,12H2,1H3. The van der Waals surface area contributed by atoms with E-state index in [4.69, 9.17) is 5.11 Å². The van der Waals surface area contributed by atoms with Crippen LogP contribution in [0.15, 0.2) is 29.2 Å². The molecular weight excluding hydrogens is 286 g/mol. The largest absolute Gasteiger partial charge is 0.384 e. The van der Waals surface area contributed by atoms with Crippen molar-refractivity contribution >= 4 is 10.0 Å². The van der Waals surface area contributed by atoms with Crippen LogP contribution in [0.2, 0.25) is 0 Å². The Balaban J connectivity index is 2.27. The summed E-state index contributed by atoms with van der Waals surface area (Å²) >= 11 is 0. The number of aliphatic hydroxyl groups is 1. The van der Waals surface area contributed by atoms with Crippen molar-refractivity contribution in [1.29, 1.82) is 0 Å². The minimum atomic E-state index is -3.59. The molecule has 2 rings (SSSR count). The lowest BCUT2D eigenvalue weighted by Gasteiger charge is -2.29. The molecule has 0 radical (unpaired) electrons. The summed E-state index contributed by atoms with van der Waals surface area (Å²) in [5, 5.41) is 8.78. The second kappa shape index (κ2) is 7.08. The van der Waals surface area contributed by atoms with E-state index in [0.717, 1.165) is 25.7 Å². The Labute approximate surface area is 126 Å². The van der Waals surface area contributed by atoms with E-state index in [-0.39, 0.29) is 17.5 Å². The summed E-state index contributed by atoms with van der Waals surface area (Å²) in [5.74, 6) is 5.55. The minimum absolute atomic E-state index is 0.0115. The first-order valence-electron chi connectivity index (χ1n) is 7.25. The summed E-state index contributed by atoms with van der Waals surface area (Å²) in [6.07, 6.45) is 4.16. The Bertz CT molecular complexity index is 643. The van der Waals surface area contributed by atoms with Crippen LogP contribution in [-0.4, -0.2) is 26.2 Å². The van der Waals surface area contributed by atoms with E-state index >= 15 is 0 Å². The van der Waals surface area contributed by atoms with Crippen molar-refractivity contribution in [3.8, 4) is 11.8 Å². The third kappa shape index (κ3) is 4.07. The number of hydrogen-bond donors (Lipinski definition) is 2. The van der Waals surface area contributed by atoms with Crippen LogP contribution in [0.4, 0.5) is 0 Å². The zero-order valence-corrected chi connectivity index (χ0v) is 13.0. The summed E-state index contributed by atoms with van der Waals surface area (Å²) in [6.45, 7) is 1.80. The van der Waals surface area contributed by atoms with Gasteiger partial charge in [0.25, 0.3) is 0 Å². The zero-order valence-electron chi connectivity index (χ0n) is 12.2. The normalized spacial score (nSPS) is 22.4. The van der Waals surface area contributed by atoms with Crippen LogP contribution in [0, 0.1) is 17.8 Å². The molecule has 2 atom stereocenters. The van der Waals surface area contributed by atoms with Gasteiger partial charge in [-0.15, -0.1) is 0 Å². The molecule has 1 aromatic carbocycles. The number of sulfonamides is 1. The molecule has 1 saturated carbocycles. The van der Waals surface area contributed by atoms with Crippen LogP contribution in [0.25, 0.3) is 0 Å². The molecule has 0 aliphatic heterocycles. The molecule has 114 valence electrons. The molecule has 0 amide bonds. The molecule has 0 saturated heterocycles. The van der Waals surface area contributed by atoms with Gasteiger partial charge < -0.3 is 5.11 Å². The second-order valence-corrected chi connectivity index (χ2v) is 7.13. The van der Waals surface area contributed by atoms with Crippen molar-refractivity contribution in [3.63, 3.8) is 0 Å². The summed E-state index contributed by atoms with van der Waals surface area (Å²) < 4.78 is 28.0. The van der Waals surface area contributed by atoms with Crippen LogP contribution < -0.4 is 4.72 Å². The zero-order chi connectivity index (χ0) is 15.3. The molecule has 2 N–H and O–H groups in total. The minimum Gasteiger partial charge on any atom is -0.384 e. The average Bonchev–Trinajstić information content (AvgIpc) is 2.47. The van der Waals surface area contributed by atoms with Gasteiger partial charge >= 0.3 is 0 Å². The molecule has 1 fully saturated rings. The van der Waals surface area contributed by atoms with Gasteiger partial charge in [0.15, 0.2) is 0 Å². The molecule has 1 aromatic rings. The van der Waals surface area contributed by atoms with Crippen molar-refractivity contribution < 1.29 is 13.5 Å². The maximum atomic E-state index is 12.6. The van der Waals surface area contributed by atoms with Gasteiger partial charge in [0, 0.05) is 11.6 Å². The highest BCUT2D eigenvalue weighted by Crippen LogP contribution is 2.25. The first kappa shape index (κ1) is 16.0. The molecule has 1 aliphatic carbocycles. The van der Waals surface area contributed by atoms with Crippen LogP contribution in [0.1, 0.15) is 38.2 Å². The Morgan fingerprint density at radius 1 is 1.29 bits per heavy atom. The summed E-state index contributed by atoms with van der Waals surface area (Å²) in [5.41, 5.74) is 0.419. The maximum absolute atomic E-state index is 12.6. The number of rotatable bonds is 3. The highest BCUT2D eigenvalue weighted by atomic mass is 32.2. The molecule has 1 aliphatic rings. The smallest absolute Gasteiger partial charge is 0.242 e. The van der Waals surface area contributed by atoms with Gasteiger partial charge in [0.05, 0.1) is 4.90 Å². The number of aliphatic hydroxyl groups excluding tert-OH is 1. The monoisotopic (exact) mass is 307 g/mol. The van der Waals surface area contributed by atoms with Crippen LogP contribution >= 0.6 is 0 Å². The van der Waals surface area contributed by atoms with Gasteiger partial charge in [-0.3, -0.25) is 0 Å². The second-order valence-electron chi connectivity index (χ2n) is 5.45. The van der Waals surface area contributed by atoms with Crippen LogP contribution in [-0.2, 0) is 10.0 Å². The Hall–Kier alpha value is -1.35. The van der Waals surface area contributed by atoms with Gasteiger partial charge in [0.1, 0.15) is 6.61 Å². The lowest BCUT2D eigenvalue weighted by Crippen LogP contribution is -2.41. The van der Waals surface area contributed by atoms with Crippen molar-refractivity contribution in [2.24, 2.45) is 5.92 Å². The summed E-state index contributed by atoms with van der Waals surface area (Å²) in [4.78, 5) is 0.184. The van der Waals surface area contributed by atoms with E-state index in [2.05, 4.69) is 23.5 Å². The Morgan fingerprint density at radius 3 is 2.71 bits per heavy atom. The Morgan fingerprint density at radius 2 is 2.00 bits per heavy atom. The van der Waals surface area contributed by atoms with E-state index in [9.17, 15) is 8.42 Å². The molecular formula is C16H21NO3S. The number of benzene rings is 1. The predicted molar refractivity (Wildman–Crippen MR) is 82.1 cm³/mol. The molecule has 0 bridgehead atoms. The fraction of sp³-hybridized carbons (Fsp3) is 0.500. The Kier molecular flexibility index (Phi) is 5.40. The highest BCUT2D eigenvalue weighted by molar-refractivity contribution is 7.89. The van der Waals surface area contributed by atoms with Crippen molar-refractivity contribution in [2.45, 2.75) is 43.5 Å². The van der Waals surface area contributed by atoms with E-state index in [1.54, 1.807) is 24.3 Å². The molecule has 4 nitrogen and oxygen atoms in total. The van der Waals surface area contributed by atoms with Gasteiger partial charge in [-0.25, -0.2) is 13.1 Å². The van der Waals surface area contributed by atoms with Crippen molar-refractivity contribution in [1.82, 2.24) is 4.72 Å². The van der Waals surface area contributed by atoms with Gasteiger partial charge in [-0.05, 0) is 30.9 Å². The van der Waals surface area contributed by atoms with E-state index in [0.29, 0.717) is 11.5 Å². The third-order valence-electron chi connectivity index (χ3n) is 3.90. The maximum Gasteiger partial charge on any atom is 0.242 e. The molecule has 0 aromatic heterocycles. The first-order chi connectivity index (χ1) is 10.0. The molecule has 0 spiro atoms. The SMILES string of the molecule is CC1CCCCC1NS(=O)(=O)c1ccccc1C#CCO. The molecule has 2 unspecified atom stereocenters. The molecule has 0 heterocycles. The fourth-order valence-electron chi connectivity index (χ4n) is 2.69. The fourth-order valence-corrected chi connectivity index (χ4v) is 4.24. The highest BCUT2D eigenvalue weighted by Gasteiger charge is 2.27. The molecule has 5 heteroatoms. The number of nitrogens with one attached hydrogen (secondary N) is 1. The van der Waals surface area contributed by atoms with Crippen LogP contribution in [0.5, 0.6) is 0 Å². The summed E-state index contributed by atoms with van der Waals surface area (Å²) in [6, 6.07) is 6.62. The van der Waals surface area contributed by atoms with E-state index < -0.39 is 10.0 Å². The third-order valence-corrected chi connectivity index (χ3v) is 5.44. The van der Waals surface area contributed by atoms with Gasteiger partial charge in [0.2, 0.25) is 10.0 Å². The van der Waals surface area contributed by atoms with Gasteiger partial charge in [-0.1, -0.05) is 43.7 Å². The lowest BCUT2D eigenvalue weighted by molar-refractivity contribution is 0.310. The van der Waals surface area contributed by atoms with E-state index in [1.165, 1.54) is 0 Å². The van der Waals surface area contributed by atoms with Crippen molar-refractivity contribution in [2.75, 3.05) is 6.61 Å². The van der Waals surface area contributed by atoms with Crippen molar-refractivity contribution in [3.05, 3.63) is 29.8 Å². The first-order valence-corrected chi connectivity index (χ1v) is 8.74.